The van der Waals surface area contributed by atoms with Gasteiger partial charge in [-0.2, -0.15) is 0 Å². The molecule has 0 saturated carbocycles. The van der Waals surface area contributed by atoms with Crippen molar-refractivity contribution >= 4 is 52.4 Å². The molecular formula is C19H32Cl2InN3O. The molecule has 1 aromatic carbocycles. The van der Waals surface area contributed by atoms with Crippen molar-refractivity contribution in [1.82, 2.24) is 13.1 Å². The van der Waals surface area contributed by atoms with Gasteiger partial charge in [0, 0.05) is 0 Å². The first-order valence-corrected chi connectivity index (χ1v) is 15.1. The van der Waals surface area contributed by atoms with Crippen molar-refractivity contribution in [1.29, 1.82) is 0 Å². The van der Waals surface area contributed by atoms with E-state index >= 15 is 0 Å². The Morgan fingerprint density at radius 1 is 1.12 bits per heavy atom. The van der Waals surface area contributed by atoms with E-state index in [1.807, 2.05) is 18.2 Å². The number of benzene rings is 1. The first kappa shape index (κ1) is 24.1. The zero-order valence-corrected chi connectivity index (χ0v) is 20.8. The van der Waals surface area contributed by atoms with Crippen LogP contribution in [0.5, 0.6) is 0 Å². The van der Waals surface area contributed by atoms with Crippen LogP contribution in [0.1, 0.15) is 37.8 Å². The van der Waals surface area contributed by atoms with Crippen LogP contribution < -0.4 is 5.32 Å². The molecule has 26 heavy (non-hydrogen) atoms. The molecule has 2 atom stereocenters. The van der Waals surface area contributed by atoms with Crippen LogP contribution in [-0.4, -0.2) is 68.6 Å². The fraction of sp³-hybridized carbons (Fsp3) is 0.632. The Kier molecular flexibility index (Phi) is 10.9. The standard InChI is InChI=1S/C14H19NO.C5H11N2.2ClH.In/c1-3-4-6-11-14(16)15-12(2)13-9-7-5-8-10-13;1-7-4-2-6-3-5-7;;;/h5,7-12H,1,3-4,6H2,2H3,(H,15,16);2-5H2,1H3;2*1H;/q;-1;;;+1/t12-;;;;/m1..../s1. The number of nitrogens with one attached hydrogen (secondary N) is 1. The van der Waals surface area contributed by atoms with Gasteiger partial charge in [-0.25, -0.2) is 0 Å². The maximum absolute atomic E-state index is 13.0. The number of hydrogen-bond acceptors (Lipinski definition) is 3. The zero-order valence-electron chi connectivity index (χ0n) is 15.9. The minimum atomic E-state index is -1.98. The molecule has 1 aromatic rings. The zero-order chi connectivity index (χ0) is 16.9. The number of piperazine rings is 1. The molecule has 0 aliphatic carbocycles. The Bertz CT molecular complexity index is 541. The summed E-state index contributed by atoms with van der Waals surface area (Å²) >= 11 is -1.98. The molecule has 2 heterocycles. The Balaban J connectivity index is 0.00000169. The van der Waals surface area contributed by atoms with Crippen LogP contribution in [0.15, 0.2) is 30.3 Å². The fourth-order valence-electron chi connectivity index (χ4n) is 4.15. The molecule has 0 radical (unpaired) electrons. The van der Waals surface area contributed by atoms with Crippen molar-refractivity contribution in [2.24, 2.45) is 0 Å². The van der Waals surface area contributed by atoms with Gasteiger partial charge in [0.2, 0.25) is 0 Å². The molecule has 1 unspecified atom stereocenters. The van der Waals surface area contributed by atoms with Crippen molar-refractivity contribution < 1.29 is 4.79 Å². The summed E-state index contributed by atoms with van der Waals surface area (Å²) in [6.45, 7) is 6.82. The fourth-order valence-corrected chi connectivity index (χ4v) is 15.4. The molecule has 4 nitrogen and oxygen atoms in total. The van der Waals surface area contributed by atoms with Gasteiger partial charge in [-0.05, 0) is 0 Å². The van der Waals surface area contributed by atoms with E-state index in [1.54, 1.807) is 0 Å². The average Bonchev–Trinajstić information content (AvgIpc) is 2.63. The van der Waals surface area contributed by atoms with E-state index in [4.69, 9.17) is 0 Å². The van der Waals surface area contributed by atoms with Gasteiger partial charge in [0.25, 0.3) is 0 Å². The quantitative estimate of drug-likeness (QED) is 0.683. The molecule has 0 aromatic heterocycles. The van der Waals surface area contributed by atoms with Crippen molar-refractivity contribution in [3.05, 3.63) is 35.9 Å². The molecule has 3 rings (SSSR count). The van der Waals surface area contributed by atoms with Crippen molar-refractivity contribution in [3.63, 3.8) is 0 Å². The second-order valence-corrected chi connectivity index (χ2v) is 16.7. The van der Waals surface area contributed by atoms with Crippen LogP contribution in [0.25, 0.3) is 0 Å². The first-order valence-electron chi connectivity index (χ1n) is 9.43. The minimum absolute atomic E-state index is 0. The predicted molar refractivity (Wildman–Crippen MR) is 115 cm³/mol. The van der Waals surface area contributed by atoms with Crippen LogP contribution in [0, 0.1) is 0 Å². The second-order valence-electron chi connectivity index (χ2n) is 7.44. The number of rotatable bonds is 4. The Morgan fingerprint density at radius 2 is 1.77 bits per heavy atom. The van der Waals surface area contributed by atoms with E-state index in [0.717, 1.165) is 6.42 Å². The van der Waals surface area contributed by atoms with E-state index in [-0.39, 0.29) is 30.9 Å². The SMILES string of the molecule is C[C@@H](NC(=O)[CH]1CCC[CH2][In]1[N]1CCN(C)CC1)c1ccccc1.Cl.Cl. The molecule has 1 N–H and O–H groups in total. The third-order valence-electron chi connectivity index (χ3n) is 5.73. The maximum Gasteiger partial charge on any atom is -0.147 e. The molecule has 0 bridgehead atoms. The third-order valence-corrected chi connectivity index (χ3v) is 17.2. The van der Waals surface area contributed by atoms with Gasteiger partial charge in [-0.3, -0.25) is 0 Å². The first-order chi connectivity index (χ1) is 11.6. The van der Waals surface area contributed by atoms with Gasteiger partial charge in [0.15, 0.2) is 0 Å². The smallest absolute Gasteiger partial charge is 0.147 e. The molecular weight excluding hydrogens is 472 g/mol. The van der Waals surface area contributed by atoms with E-state index in [1.165, 1.54) is 48.8 Å². The Hall–Kier alpha value is 0.0601. The van der Waals surface area contributed by atoms with Gasteiger partial charge in [-0.15, -0.1) is 24.8 Å². The summed E-state index contributed by atoms with van der Waals surface area (Å²) in [4.78, 5) is 15.4. The summed E-state index contributed by atoms with van der Waals surface area (Å²) in [7, 11) is 2.21. The largest absolute Gasteiger partial charge is 0.147 e. The summed E-state index contributed by atoms with van der Waals surface area (Å²) in [5.41, 5.74) is 1.20. The Labute approximate surface area is 178 Å². The van der Waals surface area contributed by atoms with Crippen molar-refractivity contribution in [3.8, 4) is 0 Å². The summed E-state index contributed by atoms with van der Waals surface area (Å²) in [6, 6.07) is 10.4. The molecule has 2 fully saturated rings. The van der Waals surface area contributed by atoms with Crippen molar-refractivity contribution in [2.75, 3.05) is 33.2 Å². The van der Waals surface area contributed by atoms with E-state index in [9.17, 15) is 4.79 Å². The van der Waals surface area contributed by atoms with Gasteiger partial charge < -0.3 is 0 Å². The monoisotopic (exact) mass is 503 g/mol. The number of likely N-dealkylation sites (N-methyl/N-ethyl adjacent to an activating group) is 1. The number of amides is 1. The topological polar surface area (TPSA) is 35.6 Å². The molecule has 2 aliphatic heterocycles. The van der Waals surface area contributed by atoms with Crippen LogP contribution in [-0.2, 0) is 4.79 Å². The van der Waals surface area contributed by atoms with Gasteiger partial charge >= 0.3 is 155 Å². The molecule has 2 aliphatic rings. The molecule has 0 spiro atoms. The van der Waals surface area contributed by atoms with E-state index < -0.39 is 21.7 Å². The third kappa shape index (κ3) is 6.30. The summed E-state index contributed by atoms with van der Waals surface area (Å²) in [5, 5.41) is 3.32. The summed E-state index contributed by atoms with van der Waals surface area (Å²) in [6.07, 6.45) is 3.71. The number of hydrogen-bond donors (Lipinski definition) is 1. The van der Waals surface area contributed by atoms with Crippen LogP contribution in [0.4, 0.5) is 0 Å². The number of halogens is 2. The van der Waals surface area contributed by atoms with E-state index in [0.29, 0.717) is 9.58 Å². The van der Waals surface area contributed by atoms with Gasteiger partial charge in [0.05, 0.1) is 0 Å². The predicted octanol–water partition coefficient (Wildman–Crippen LogP) is 3.50. The molecule has 2 saturated heterocycles. The second kappa shape index (κ2) is 11.8. The molecule has 1 amide bonds. The van der Waals surface area contributed by atoms with Crippen LogP contribution >= 0.6 is 24.8 Å². The van der Waals surface area contributed by atoms with Crippen molar-refractivity contribution in [2.45, 2.75) is 40.1 Å². The van der Waals surface area contributed by atoms with E-state index in [2.05, 4.69) is 39.2 Å². The maximum atomic E-state index is 13.0. The summed E-state index contributed by atoms with van der Waals surface area (Å²) < 4.78 is 4.51. The normalized spacial score (nSPS) is 22.7. The Morgan fingerprint density at radius 3 is 2.42 bits per heavy atom. The van der Waals surface area contributed by atoms with Crippen LogP contribution in [0.2, 0.25) is 7.85 Å². The van der Waals surface area contributed by atoms with Crippen LogP contribution in [0.3, 0.4) is 0 Å². The number of carbonyl (C=O) groups excluding carboxylic acids is 1. The number of nitrogens with zero attached hydrogens (tertiary/aromatic N) is 2. The number of carbonyl (C=O) groups is 1. The van der Waals surface area contributed by atoms with Gasteiger partial charge in [-0.1, -0.05) is 0 Å². The summed E-state index contributed by atoms with van der Waals surface area (Å²) in [5.74, 6) is 0.339. The average molecular weight is 504 g/mol. The minimum Gasteiger partial charge on any atom is -0.147 e. The molecule has 7 heteroatoms. The van der Waals surface area contributed by atoms with Gasteiger partial charge in [0.1, 0.15) is 0 Å². The molecule has 146 valence electrons.